The molecule has 0 aliphatic rings. The number of hydrogen-bond acceptors (Lipinski definition) is 3. The third kappa shape index (κ3) is 2.68. The molecule has 0 aliphatic heterocycles. The lowest BCUT2D eigenvalue weighted by Gasteiger charge is -1.95. The maximum Gasteiger partial charge on any atom is 0.142 e. The van der Waals surface area contributed by atoms with Crippen LogP contribution in [0.3, 0.4) is 0 Å². The van der Waals surface area contributed by atoms with Crippen LogP contribution in [-0.2, 0) is 30.0 Å². The van der Waals surface area contributed by atoms with Crippen molar-refractivity contribution in [1.29, 1.82) is 0 Å². The van der Waals surface area contributed by atoms with Gasteiger partial charge in [-0.1, -0.05) is 0 Å². The van der Waals surface area contributed by atoms with E-state index in [9.17, 15) is 0 Å². The van der Waals surface area contributed by atoms with Gasteiger partial charge < -0.3 is 10.2 Å². The molecule has 0 heterocycles. The molecule has 1 unspecified atom stereocenters. The fraction of sp³-hybridized carbons (Fsp3) is 0.667. The second kappa shape index (κ2) is 3.47. The summed E-state index contributed by atoms with van der Waals surface area (Å²) in [7, 11) is -1.00. The Labute approximate surface area is 58.6 Å². The summed E-state index contributed by atoms with van der Waals surface area (Å²) in [6.07, 6.45) is -0.881. The fourth-order valence-electron chi connectivity index (χ4n) is 0.139. The number of aliphatic hydroxyl groups is 2. The third-order valence-corrected chi connectivity index (χ3v) is 2.24. The highest BCUT2D eigenvalue weighted by molar-refractivity contribution is 8.45. The van der Waals surface area contributed by atoms with E-state index in [0.29, 0.717) is 0 Å². The van der Waals surface area contributed by atoms with Gasteiger partial charge in [0.25, 0.3) is 0 Å². The maximum absolute atomic E-state index is 8.67. The predicted molar refractivity (Wildman–Crippen MR) is 41.4 cm³/mol. The molecule has 5 heteroatoms. The number of aliphatic hydroxyl groups excluding tert-OH is 2. The van der Waals surface area contributed by atoms with Crippen molar-refractivity contribution >= 4 is 35.0 Å². The molecule has 0 aromatic rings. The van der Waals surface area contributed by atoms with Crippen LogP contribution in [0.5, 0.6) is 0 Å². The van der Waals surface area contributed by atoms with Gasteiger partial charge in [0, 0.05) is 0 Å². The van der Waals surface area contributed by atoms with Gasteiger partial charge in [-0.05, 0) is 36.9 Å². The van der Waals surface area contributed by atoms with E-state index in [4.69, 9.17) is 10.2 Å². The van der Waals surface area contributed by atoms with Crippen molar-refractivity contribution in [1.82, 2.24) is 0 Å². The molecule has 2 nitrogen and oxygen atoms in total. The van der Waals surface area contributed by atoms with Gasteiger partial charge in [0.15, 0.2) is 0 Å². The first kappa shape index (κ1) is 8.45. The predicted octanol–water partition coefficient (Wildman–Crippen LogP) is -0.403. The van der Waals surface area contributed by atoms with Crippen LogP contribution in [0.1, 0.15) is 6.92 Å². The van der Waals surface area contributed by atoms with Crippen molar-refractivity contribution in [3.05, 3.63) is 0 Å². The van der Waals surface area contributed by atoms with E-state index < -0.39 is 13.7 Å². The third-order valence-electron chi connectivity index (χ3n) is 0.528. The summed E-state index contributed by atoms with van der Waals surface area (Å²) in [5, 5.41) is 17.1. The van der Waals surface area contributed by atoms with Crippen molar-refractivity contribution in [2.75, 3.05) is 0 Å². The lowest BCUT2D eigenvalue weighted by molar-refractivity contribution is 0.241. The Morgan fingerprint density at radius 3 is 2.00 bits per heavy atom. The summed E-state index contributed by atoms with van der Waals surface area (Å²) in [6, 6.07) is 0. The molecule has 0 aromatic heterocycles. The van der Waals surface area contributed by atoms with Gasteiger partial charge in [0.2, 0.25) is 0 Å². The number of rotatable bonds is 1. The van der Waals surface area contributed by atoms with E-state index in [0.717, 1.165) is 0 Å². The van der Waals surface area contributed by atoms with Crippen molar-refractivity contribution < 1.29 is 10.2 Å². The summed E-state index contributed by atoms with van der Waals surface area (Å²) in [5.41, 5.74) is 0. The van der Waals surface area contributed by atoms with Crippen molar-refractivity contribution in [2.24, 2.45) is 0 Å². The standard InChI is InChI=1S/C3H6O2S3/c1-2(4)3(5)8(6)7/h2,4-5H,1H3. The number of hydrogen-bond donors (Lipinski definition) is 2. The quantitative estimate of drug-likeness (QED) is 0.525. The maximum atomic E-state index is 8.67. The van der Waals surface area contributed by atoms with E-state index in [1.54, 1.807) is 0 Å². The summed E-state index contributed by atoms with van der Waals surface area (Å²) in [4.78, 5) is 0. The first-order valence-electron chi connectivity index (χ1n) is 1.89. The zero-order valence-corrected chi connectivity index (χ0v) is 6.65. The Bertz CT molecular complexity index is 181. The molecule has 0 amide bonds. The van der Waals surface area contributed by atoms with Crippen LogP contribution in [0, 0.1) is 0 Å². The van der Waals surface area contributed by atoms with Crippen molar-refractivity contribution in [3.8, 4) is 0 Å². The molecule has 8 heavy (non-hydrogen) atoms. The Kier molecular flexibility index (Phi) is 3.67. The monoisotopic (exact) mass is 170 g/mol. The molecule has 0 radical (unpaired) electrons. The van der Waals surface area contributed by atoms with Crippen LogP contribution in [0.25, 0.3) is 0 Å². The van der Waals surface area contributed by atoms with Crippen LogP contribution < -0.4 is 0 Å². The van der Waals surface area contributed by atoms with Crippen LogP contribution in [-0.4, -0.2) is 21.4 Å². The molecule has 0 aromatic carbocycles. The highest BCUT2D eigenvalue weighted by atomic mass is 33.1. The van der Waals surface area contributed by atoms with Gasteiger partial charge in [-0.3, -0.25) is 0 Å². The molecule has 48 valence electrons. The Balaban J connectivity index is 4.50. The molecular weight excluding hydrogens is 164 g/mol. The topological polar surface area (TPSA) is 40.5 Å². The Hall–Kier alpha value is 0.450. The zero-order valence-electron chi connectivity index (χ0n) is 4.20. The summed E-state index contributed by atoms with van der Waals surface area (Å²) >= 11 is 8.95. The van der Waals surface area contributed by atoms with E-state index in [1.807, 2.05) is 0 Å². The average molecular weight is 170 g/mol. The SMILES string of the molecule is CC(O)C(O)=S(=S)=S. The van der Waals surface area contributed by atoms with E-state index in [-0.39, 0.29) is 5.05 Å². The second-order valence-electron chi connectivity index (χ2n) is 1.25. The molecule has 2 N–H and O–H groups in total. The summed E-state index contributed by atoms with van der Waals surface area (Å²) < 4.78 is 0. The molecule has 0 saturated carbocycles. The molecule has 0 bridgehead atoms. The normalized spacial score (nSPS) is 12.9. The molecule has 0 spiro atoms. The molecule has 0 aliphatic carbocycles. The Morgan fingerprint density at radius 1 is 1.62 bits per heavy atom. The first-order valence-corrected chi connectivity index (χ1v) is 4.96. The summed E-state index contributed by atoms with van der Waals surface area (Å²) in [5.74, 6) is 0. The van der Waals surface area contributed by atoms with Gasteiger partial charge in [-0.2, -0.15) is 0 Å². The molecule has 1 atom stereocenters. The Morgan fingerprint density at radius 2 is 2.00 bits per heavy atom. The molecular formula is C3H6O2S3. The fourth-order valence-corrected chi connectivity index (χ4v) is 1.25. The van der Waals surface area contributed by atoms with Crippen LogP contribution in [0.15, 0.2) is 0 Å². The second-order valence-corrected chi connectivity index (χ2v) is 4.77. The van der Waals surface area contributed by atoms with E-state index >= 15 is 0 Å². The van der Waals surface area contributed by atoms with E-state index in [2.05, 4.69) is 22.4 Å². The van der Waals surface area contributed by atoms with Gasteiger partial charge in [-0.15, -0.1) is 0 Å². The minimum Gasteiger partial charge on any atom is -0.386 e. The lowest BCUT2D eigenvalue weighted by atomic mass is 10.5. The van der Waals surface area contributed by atoms with Crippen LogP contribution in [0.2, 0.25) is 0 Å². The van der Waals surface area contributed by atoms with Gasteiger partial charge in [-0.25, -0.2) is 0 Å². The first-order chi connectivity index (χ1) is 3.55. The van der Waals surface area contributed by atoms with E-state index in [1.165, 1.54) is 6.92 Å². The van der Waals surface area contributed by atoms with Crippen LogP contribution in [0.4, 0.5) is 0 Å². The molecule has 0 fully saturated rings. The zero-order chi connectivity index (χ0) is 6.73. The van der Waals surface area contributed by atoms with Gasteiger partial charge in [0.05, 0.1) is 0 Å². The minimum absolute atomic E-state index is 0.185. The van der Waals surface area contributed by atoms with Gasteiger partial charge in [0.1, 0.15) is 11.2 Å². The average Bonchev–Trinajstić information content (AvgIpc) is 1.64. The summed E-state index contributed by atoms with van der Waals surface area (Å²) in [6.45, 7) is 1.42. The van der Waals surface area contributed by atoms with Crippen molar-refractivity contribution in [2.45, 2.75) is 13.0 Å². The largest absolute Gasteiger partial charge is 0.386 e. The van der Waals surface area contributed by atoms with Crippen LogP contribution >= 0.6 is 0 Å². The molecule has 0 rings (SSSR count). The highest BCUT2D eigenvalue weighted by Crippen LogP contribution is 1.77. The smallest absolute Gasteiger partial charge is 0.142 e. The highest BCUT2D eigenvalue weighted by Gasteiger charge is 1.97. The van der Waals surface area contributed by atoms with Gasteiger partial charge >= 0.3 is 0 Å². The lowest BCUT2D eigenvalue weighted by Crippen LogP contribution is -2.15. The van der Waals surface area contributed by atoms with Crippen molar-refractivity contribution in [3.63, 3.8) is 0 Å². The minimum atomic E-state index is -1.00. The molecule has 0 saturated heterocycles.